The molecule has 0 heterocycles. The molecule has 1 atom stereocenters. The Morgan fingerprint density at radius 2 is 0.639 bits per heavy atom. The molecule has 0 aliphatic rings. The molecule has 0 saturated heterocycles. The van der Waals surface area contributed by atoms with Crippen molar-refractivity contribution in [1.82, 2.24) is 0 Å². The Balaban J connectivity index is 4.39. The number of carbonyl (C=O) groups excluding carboxylic acids is 3. The summed E-state index contributed by atoms with van der Waals surface area (Å²) in [5.74, 6) is -0.946. The third-order valence-electron chi connectivity index (χ3n) is 11.0. The summed E-state index contributed by atoms with van der Waals surface area (Å²) in [4.78, 5) is 37.9. The molecule has 0 aromatic heterocycles. The number of allylic oxidation sites excluding steroid dienone is 10. The molecule has 0 aliphatic heterocycles. The van der Waals surface area contributed by atoms with Crippen molar-refractivity contribution in [3.05, 3.63) is 60.8 Å². The summed E-state index contributed by atoms with van der Waals surface area (Å²) < 4.78 is 16.7. The standard InChI is InChI=1S/C55H96O6/c1-4-7-10-13-16-19-21-23-25-27-29-31-33-36-39-42-45-48-54(57)60-51-52(50-59-53(56)47-44-41-38-35-18-15-12-9-6-3)61-55(58)49-46-43-40-37-34-32-30-28-26-24-22-20-17-14-11-8-5-2/h7,10,16,19,23,25,29,31,36,39,52H,4-6,8-9,11-15,17-18,20-22,24,26-28,30,32-35,37-38,40-51H2,1-3H3/b10-7-,19-16-,25-23-,31-29-,39-36-. The fourth-order valence-corrected chi connectivity index (χ4v) is 7.18. The largest absolute Gasteiger partial charge is 0.462 e. The van der Waals surface area contributed by atoms with Crippen molar-refractivity contribution in [3.8, 4) is 0 Å². The van der Waals surface area contributed by atoms with Crippen molar-refractivity contribution in [3.63, 3.8) is 0 Å². The van der Waals surface area contributed by atoms with E-state index in [1.165, 1.54) is 128 Å². The average molecular weight is 853 g/mol. The van der Waals surface area contributed by atoms with Gasteiger partial charge in [-0.3, -0.25) is 14.4 Å². The summed E-state index contributed by atoms with van der Waals surface area (Å²) in [6, 6.07) is 0. The lowest BCUT2D eigenvalue weighted by Crippen LogP contribution is -2.30. The lowest BCUT2D eigenvalue weighted by atomic mass is 10.0. The lowest BCUT2D eigenvalue weighted by Gasteiger charge is -2.18. The molecular formula is C55H96O6. The van der Waals surface area contributed by atoms with Crippen LogP contribution in [-0.2, 0) is 28.6 Å². The highest BCUT2D eigenvalue weighted by Crippen LogP contribution is 2.16. The van der Waals surface area contributed by atoms with Gasteiger partial charge in [-0.25, -0.2) is 0 Å². The first-order valence-electron chi connectivity index (χ1n) is 25.8. The van der Waals surface area contributed by atoms with Crippen molar-refractivity contribution < 1.29 is 28.6 Å². The summed E-state index contributed by atoms with van der Waals surface area (Å²) in [6.45, 7) is 6.47. The first-order chi connectivity index (χ1) is 30.0. The Labute approximate surface area is 377 Å². The van der Waals surface area contributed by atoms with Gasteiger partial charge >= 0.3 is 17.9 Å². The topological polar surface area (TPSA) is 78.9 Å². The third-order valence-corrected chi connectivity index (χ3v) is 11.0. The Bertz CT molecular complexity index is 1120. The van der Waals surface area contributed by atoms with Crippen LogP contribution in [0.5, 0.6) is 0 Å². The molecule has 61 heavy (non-hydrogen) atoms. The van der Waals surface area contributed by atoms with Crippen LogP contribution < -0.4 is 0 Å². The van der Waals surface area contributed by atoms with Crippen LogP contribution in [0.3, 0.4) is 0 Å². The fraction of sp³-hybridized carbons (Fsp3) is 0.764. The summed E-state index contributed by atoms with van der Waals surface area (Å²) in [5.41, 5.74) is 0. The first-order valence-corrected chi connectivity index (χ1v) is 25.8. The van der Waals surface area contributed by atoms with Gasteiger partial charge < -0.3 is 14.2 Å². The quantitative estimate of drug-likeness (QED) is 0.0263. The molecule has 0 rings (SSSR count). The predicted octanol–water partition coefficient (Wildman–Crippen LogP) is 16.9. The number of esters is 3. The minimum Gasteiger partial charge on any atom is -0.462 e. The monoisotopic (exact) mass is 853 g/mol. The first kappa shape index (κ1) is 58.1. The zero-order chi connectivity index (χ0) is 44.4. The molecule has 1 unspecified atom stereocenters. The van der Waals surface area contributed by atoms with Gasteiger partial charge in [0.2, 0.25) is 0 Å². The molecule has 352 valence electrons. The Morgan fingerprint density at radius 1 is 0.344 bits per heavy atom. The third kappa shape index (κ3) is 48.0. The normalized spacial score (nSPS) is 12.5. The maximum atomic E-state index is 12.8. The SMILES string of the molecule is CC/C=C\C/C=C\C/C=C\C/C=C\C/C=C\CCCC(=O)OCC(COC(=O)CCCCCCCCCCC)OC(=O)CCCCCCCCCCCCCCCCCCC. The van der Waals surface area contributed by atoms with Crippen LogP contribution in [0.2, 0.25) is 0 Å². The Morgan fingerprint density at radius 3 is 1.00 bits per heavy atom. The highest BCUT2D eigenvalue weighted by atomic mass is 16.6. The van der Waals surface area contributed by atoms with Crippen LogP contribution in [0.4, 0.5) is 0 Å². The molecule has 0 spiro atoms. The van der Waals surface area contributed by atoms with E-state index in [-0.39, 0.29) is 37.5 Å². The summed E-state index contributed by atoms with van der Waals surface area (Å²) in [5, 5.41) is 0. The second-order valence-electron chi connectivity index (χ2n) is 17.1. The van der Waals surface area contributed by atoms with E-state index in [1.807, 2.05) is 0 Å². The van der Waals surface area contributed by atoms with E-state index in [0.29, 0.717) is 19.3 Å². The van der Waals surface area contributed by atoms with Crippen molar-refractivity contribution in [2.45, 2.75) is 258 Å². The van der Waals surface area contributed by atoms with E-state index in [2.05, 4.69) is 81.5 Å². The summed E-state index contributed by atoms with van der Waals surface area (Å²) in [6.07, 6.45) is 60.7. The summed E-state index contributed by atoms with van der Waals surface area (Å²) in [7, 11) is 0. The number of hydrogen-bond acceptors (Lipinski definition) is 6. The summed E-state index contributed by atoms with van der Waals surface area (Å²) >= 11 is 0. The van der Waals surface area contributed by atoms with Gasteiger partial charge in [0.15, 0.2) is 6.10 Å². The molecule has 0 saturated carbocycles. The average Bonchev–Trinajstić information content (AvgIpc) is 3.26. The van der Waals surface area contributed by atoms with Crippen LogP contribution in [0.25, 0.3) is 0 Å². The van der Waals surface area contributed by atoms with Gasteiger partial charge in [-0.05, 0) is 57.8 Å². The van der Waals surface area contributed by atoms with E-state index in [4.69, 9.17) is 14.2 Å². The number of unbranched alkanes of at least 4 members (excludes halogenated alkanes) is 25. The van der Waals surface area contributed by atoms with Crippen LogP contribution >= 0.6 is 0 Å². The molecule has 0 bridgehead atoms. The zero-order valence-corrected chi connectivity index (χ0v) is 40.2. The highest BCUT2D eigenvalue weighted by molar-refractivity contribution is 5.71. The van der Waals surface area contributed by atoms with Crippen molar-refractivity contribution in [1.29, 1.82) is 0 Å². The van der Waals surface area contributed by atoms with Gasteiger partial charge in [0.25, 0.3) is 0 Å². The molecule has 0 amide bonds. The molecule has 0 N–H and O–H groups in total. The fourth-order valence-electron chi connectivity index (χ4n) is 7.18. The van der Waals surface area contributed by atoms with Crippen LogP contribution in [-0.4, -0.2) is 37.2 Å². The second kappa shape index (κ2) is 49.8. The minimum atomic E-state index is -0.791. The van der Waals surface area contributed by atoms with Gasteiger partial charge in [0.05, 0.1) is 0 Å². The zero-order valence-electron chi connectivity index (χ0n) is 40.2. The number of carbonyl (C=O) groups is 3. The lowest BCUT2D eigenvalue weighted by molar-refractivity contribution is -0.167. The van der Waals surface area contributed by atoms with Gasteiger partial charge in [-0.1, -0.05) is 236 Å². The second-order valence-corrected chi connectivity index (χ2v) is 17.1. The predicted molar refractivity (Wildman–Crippen MR) is 261 cm³/mol. The van der Waals surface area contributed by atoms with Gasteiger partial charge in [-0.15, -0.1) is 0 Å². The van der Waals surface area contributed by atoms with Crippen LogP contribution in [0.15, 0.2) is 60.8 Å². The Kier molecular flexibility index (Phi) is 47.4. The molecule has 6 heteroatoms. The molecule has 0 aromatic rings. The highest BCUT2D eigenvalue weighted by Gasteiger charge is 2.19. The maximum Gasteiger partial charge on any atom is 0.306 e. The van der Waals surface area contributed by atoms with Crippen LogP contribution in [0.1, 0.15) is 252 Å². The van der Waals surface area contributed by atoms with E-state index < -0.39 is 6.10 Å². The van der Waals surface area contributed by atoms with E-state index in [1.54, 1.807) is 0 Å². The van der Waals surface area contributed by atoms with Gasteiger partial charge in [0.1, 0.15) is 13.2 Å². The van der Waals surface area contributed by atoms with Gasteiger partial charge in [-0.2, -0.15) is 0 Å². The van der Waals surface area contributed by atoms with E-state index >= 15 is 0 Å². The molecule has 6 nitrogen and oxygen atoms in total. The van der Waals surface area contributed by atoms with Crippen molar-refractivity contribution in [2.75, 3.05) is 13.2 Å². The number of rotatable bonds is 46. The number of hydrogen-bond donors (Lipinski definition) is 0. The molecular weight excluding hydrogens is 757 g/mol. The van der Waals surface area contributed by atoms with Gasteiger partial charge in [0, 0.05) is 19.3 Å². The maximum absolute atomic E-state index is 12.8. The van der Waals surface area contributed by atoms with E-state index in [0.717, 1.165) is 77.0 Å². The molecule has 0 fully saturated rings. The molecule has 0 radical (unpaired) electrons. The minimum absolute atomic E-state index is 0.0889. The molecule has 0 aromatic carbocycles. The van der Waals surface area contributed by atoms with Crippen molar-refractivity contribution >= 4 is 17.9 Å². The van der Waals surface area contributed by atoms with E-state index in [9.17, 15) is 14.4 Å². The van der Waals surface area contributed by atoms with Crippen molar-refractivity contribution in [2.24, 2.45) is 0 Å². The smallest absolute Gasteiger partial charge is 0.306 e. The number of ether oxygens (including phenoxy) is 3. The molecule has 0 aliphatic carbocycles. The Hall–Kier alpha value is -2.89. The van der Waals surface area contributed by atoms with Crippen LogP contribution in [0, 0.1) is 0 Å².